The molecule has 0 unspecified atom stereocenters. The molecule has 0 aromatic heterocycles. The van der Waals surface area contributed by atoms with Gasteiger partial charge in [0.25, 0.3) is 0 Å². The van der Waals surface area contributed by atoms with Crippen LogP contribution in [-0.2, 0) is 22.6 Å². The fourth-order valence-electron chi connectivity index (χ4n) is 3.12. The maximum Gasteiger partial charge on any atom is 0.225 e. The Bertz CT molecular complexity index is 772. The first-order chi connectivity index (χ1) is 12.5. The van der Waals surface area contributed by atoms with Gasteiger partial charge in [0.05, 0.1) is 5.92 Å². The molecule has 2 amide bonds. The fourth-order valence-corrected chi connectivity index (χ4v) is 3.12. The molecule has 1 heterocycles. The Hall–Kier alpha value is -2.69. The first kappa shape index (κ1) is 18.1. The highest BCUT2D eigenvalue weighted by Crippen LogP contribution is 2.19. The van der Waals surface area contributed by atoms with Crippen molar-refractivity contribution in [2.24, 2.45) is 5.92 Å². The minimum Gasteiger partial charge on any atom is -0.352 e. The van der Waals surface area contributed by atoms with Crippen molar-refractivity contribution in [1.29, 1.82) is 0 Å². The number of nitrogens with one attached hydrogen (secondary N) is 1. The van der Waals surface area contributed by atoms with Crippen LogP contribution in [0.4, 0.5) is 4.39 Å². The van der Waals surface area contributed by atoms with E-state index < -0.39 is 0 Å². The molecule has 1 saturated heterocycles. The summed E-state index contributed by atoms with van der Waals surface area (Å²) < 4.78 is 12.9. The van der Waals surface area contributed by atoms with Gasteiger partial charge in [-0.1, -0.05) is 42.0 Å². The molecular formula is C21H23FN2O2. The number of rotatable bonds is 6. The number of amides is 2. The number of carbonyl (C=O) groups excluding carboxylic acids is 2. The third-order valence-corrected chi connectivity index (χ3v) is 4.76. The summed E-state index contributed by atoms with van der Waals surface area (Å²) in [6, 6.07) is 14.3. The van der Waals surface area contributed by atoms with Crippen LogP contribution in [0.25, 0.3) is 0 Å². The lowest BCUT2D eigenvalue weighted by Gasteiger charge is -2.16. The van der Waals surface area contributed by atoms with Gasteiger partial charge in [0, 0.05) is 26.1 Å². The molecule has 136 valence electrons. The van der Waals surface area contributed by atoms with E-state index in [0.717, 1.165) is 11.1 Å². The summed E-state index contributed by atoms with van der Waals surface area (Å²) >= 11 is 0. The molecule has 1 atom stereocenters. The van der Waals surface area contributed by atoms with Gasteiger partial charge in [-0.3, -0.25) is 9.59 Å². The normalized spacial score (nSPS) is 16.8. The van der Waals surface area contributed by atoms with E-state index in [1.165, 1.54) is 17.7 Å². The van der Waals surface area contributed by atoms with Crippen LogP contribution in [0.5, 0.6) is 0 Å². The van der Waals surface area contributed by atoms with E-state index in [4.69, 9.17) is 0 Å². The van der Waals surface area contributed by atoms with E-state index in [-0.39, 0.29) is 30.0 Å². The topological polar surface area (TPSA) is 49.4 Å². The van der Waals surface area contributed by atoms with E-state index >= 15 is 0 Å². The summed E-state index contributed by atoms with van der Waals surface area (Å²) in [6.07, 6.45) is 0.910. The van der Waals surface area contributed by atoms with Gasteiger partial charge in [0.2, 0.25) is 11.8 Å². The fraction of sp³-hybridized carbons (Fsp3) is 0.333. The Morgan fingerprint density at radius 1 is 1.12 bits per heavy atom. The molecule has 2 aromatic rings. The molecule has 4 nitrogen and oxygen atoms in total. The smallest absolute Gasteiger partial charge is 0.225 e. The van der Waals surface area contributed by atoms with Crippen molar-refractivity contribution < 1.29 is 14.0 Å². The Morgan fingerprint density at radius 2 is 1.77 bits per heavy atom. The third-order valence-electron chi connectivity index (χ3n) is 4.76. The van der Waals surface area contributed by atoms with Crippen LogP contribution in [0.3, 0.4) is 0 Å². The third kappa shape index (κ3) is 4.69. The second kappa shape index (κ2) is 8.13. The first-order valence-electron chi connectivity index (χ1n) is 8.87. The van der Waals surface area contributed by atoms with E-state index in [9.17, 15) is 14.0 Å². The standard InChI is InChI=1S/C21H23FN2O2/c1-15-2-4-17(5-3-15)13-23-21(26)18-12-20(25)24(14-18)11-10-16-6-8-19(22)9-7-16/h2-9,18H,10-14H2,1H3,(H,23,26)/t18-/m1/s1. The van der Waals surface area contributed by atoms with Crippen LogP contribution in [0.1, 0.15) is 23.1 Å². The molecule has 2 aromatic carbocycles. The van der Waals surface area contributed by atoms with Crippen LogP contribution < -0.4 is 5.32 Å². The minimum absolute atomic E-state index is 0.00241. The van der Waals surface area contributed by atoms with Gasteiger partial charge < -0.3 is 10.2 Å². The molecule has 0 saturated carbocycles. The quantitative estimate of drug-likeness (QED) is 0.867. The largest absolute Gasteiger partial charge is 0.352 e. The number of nitrogens with zero attached hydrogens (tertiary/aromatic N) is 1. The highest BCUT2D eigenvalue weighted by atomic mass is 19.1. The second-order valence-electron chi connectivity index (χ2n) is 6.82. The Labute approximate surface area is 153 Å². The number of hydrogen-bond acceptors (Lipinski definition) is 2. The molecule has 1 fully saturated rings. The highest BCUT2D eigenvalue weighted by Gasteiger charge is 2.33. The molecule has 0 aliphatic carbocycles. The van der Waals surface area contributed by atoms with Crippen molar-refractivity contribution in [3.8, 4) is 0 Å². The van der Waals surface area contributed by atoms with E-state index in [1.807, 2.05) is 31.2 Å². The molecule has 3 rings (SSSR count). The van der Waals surface area contributed by atoms with Crippen LogP contribution in [0, 0.1) is 18.7 Å². The van der Waals surface area contributed by atoms with Gasteiger partial charge in [0.15, 0.2) is 0 Å². The van der Waals surface area contributed by atoms with Gasteiger partial charge in [-0.05, 0) is 36.6 Å². The molecule has 26 heavy (non-hydrogen) atoms. The van der Waals surface area contributed by atoms with Crippen molar-refractivity contribution in [3.63, 3.8) is 0 Å². The summed E-state index contributed by atoms with van der Waals surface area (Å²) in [6.45, 7) is 3.48. The second-order valence-corrected chi connectivity index (χ2v) is 6.82. The molecule has 1 aliphatic rings. The highest BCUT2D eigenvalue weighted by molar-refractivity contribution is 5.89. The predicted molar refractivity (Wildman–Crippen MR) is 97.8 cm³/mol. The maximum absolute atomic E-state index is 12.9. The number of halogens is 1. The predicted octanol–water partition coefficient (Wildman–Crippen LogP) is 2.84. The van der Waals surface area contributed by atoms with E-state index in [0.29, 0.717) is 26.1 Å². The molecule has 1 aliphatic heterocycles. The zero-order valence-corrected chi connectivity index (χ0v) is 14.9. The molecule has 5 heteroatoms. The molecular weight excluding hydrogens is 331 g/mol. The van der Waals surface area contributed by atoms with Crippen LogP contribution in [-0.4, -0.2) is 29.8 Å². The van der Waals surface area contributed by atoms with E-state index in [1.54, 1.807) is 17.0 Å². The molecule has 1 N–H and O–H groups in total. The molecule has 0 bridgehead atoms. The lowest BCUT2D eigenvalue weighted by molar-refractivity contribution is -0.129. The number of carbonyl (C=O) groups is 2. The summed E-state index contributed by atoms with van der Waals surface area (Å²) in [4.78, 5) is 26.2. The van der Waals surface area contributed by atoms with Crippen LogP contribution >= 0.6 is 0 Å². The van der Waals surface area contributed by atoms with Crippen molar-refractivity contribution in [3.05, 3.63) is 71.0 Å². The zero-order chi connectivity index (χ0) is 18.5. The summed E-state index contributed by atoms with van der Waals surface area (Å²) in [5.41, 5.74) is 3.20. The number of hydrogen-bond donors (Lipinski definition) is 1. The van der Waals surface area contributed by atoms with Gasteiger partial charge in [0.1, 0.15) is 5.82 Å². The van der Waals surface area contributed by atoms with Crippen LogP contribution in [0.15, 0.2) is 48.5 Å². The monoisotopic (exact) mass is 354 g/mol. The zero-order valence-electron chi connectivity index (χ0n) is 14.9. The van der Waals surface area contributed by atoms with Crippen molar-refractivity contribution >= 4 is 11.8 Å². The number of benzene rings is 2. The lowest BCUT2D eigenvalue weighted by atomic mass is 10.1. The van der Waals surface area contributed by atoms with Crippen molar-refractivity contribution in [2.75, 3.05) is 13.1 Å². The van der Waals surface area contributed by atoms with Crippen LogP contribution in [0.2, 0.25) is 0 Å². The Morgan fingerprint density at radius 3 is 2.46 bits per heavy atom. The molecule has 0 spiro atoms. The van der Waals surface area contributed by atoms with Gasteiger partial charge in [-0.25, -0.2) is 4.39 Å². The van der Waals surface area contributed by atoms with Gasteiger partial charge >= 0.3 is 0 Å². The van der Waals surface area contributed by atoms with Crippen molar-refractivity contribution in [1.82, 2.24) is 10.2 Å². The Kier molecular flexibility index (Phi) is 5.66. The van der Waals surface area contributed by atoms with Gasteiger partial charge in [-0.2, -0.15) is 0 Å². The number of likely N-dealkylation sites (tertiary alicyclic amines) is 1. The summed E-state index contributed by atoms with van der Waals surface area (Å²) in [5, 5.41) is 2.92. The van der Waals surface area contributed by atoms with Gasteiger partial charge in [-0.15, -0.1) is 0 Å². The van der Waals surface area contributed by atoms with Crippen molar-refractivity contribution in [2.45, 2.75) is 26.3 Å². The number of aryl methyl sites for hydroxylation is 1. The minimum atomic E-state index is -0.304. The lowest BCUT2D eigenvalue weighted by Crippen LogP contribution is -2.33. The average Bonchev–Trinajstić information content (AvgIpc) is 3.01. The summed E-state index contributed by atoms with van der Waals surface area (Å²) in [5.74, 6) is -0.650. The average molecular weight is 354 g/mol. The summed E-state index contributed by atoms with van der Waals surface area (Å²) in [7, 11) is 0. The Balaban J connectivity index is 1.47. The molecule has 0 radical (unpaired) electrons. The maximum atomic E-state index is 12.9. The first-order valence-corrected chi connectivity index (χ1v) is 8.87. The SMILES string of the molecule is Cc1ccc(CNC(=O)[C@@H]2CC(=O)N(CCc3ccc(F)cc3)C2)cc1. The van der Waals surface area contributed by atoms with E-state index in [2.05, 4.69) is 5.32 Å².